The summed E-state index contributed by atoms with van der Waals surface area (Å²) in [6.07, 6.45) is 0. The molecular weight excluding hydrogens is 280 g/mol. The number of carbonyl (C=O) groups excluding carboxylic acids is 1. The molecule has 0 aliphatic carbocycles. The number of imidazole rings is 1. The zero-order valence-corrected chi connectivity index (χ0v) is 12.8. The predicted octanol–water partition coefficient (Wildman–Crippen LogP) is 4.23. The number of benzene rings is 2. The van der Waals surface area contributed by atoms with Gasteiger partial charge in [0.1, 0.15) is 0 Å². The molecule has 3 aromatic rings. The second-order valence-electron chi connectivity index (χ2n) is 5.05. The third-order valence-corrected chi connectivity index (χ3v) is 4.32. The van der Waals surface area contributed by atoms with Crippen LogP contribution >= 0.6 is 11.8 Å². The van der Waals surface area contributed by atoms with Gasteiger partial charge in [0.05, 0.1) is 16.3 Å². The molecule has 3 nitrogen and oxygen atoms in total. The quantitative estimate of drug-likeness (QED) is 0.578. The minimum absolute atomic E-state index is 0.122. The summed E-state index contributed by atoms with van der Waals surface area (Å²) in [5.74, 6) is 0.122. The van der Waals surface area contributed by atoms with Gasteiger partial charge >= 0.3 is 0 Å². The van der Waals surface area contributed by atoms with Gasteiger partial charge in [0, 0.05) is 5.56 Å². The molecule has 0 fully saturated rings. The second-order valence-corrected chi connectivity index (χ2v) is 6.38. The summed E-state index contributed by atoms with van der Waals surface area (Å²) in [6, 6.07) is 15.5. The maximum atomic E-state index is 12.4. The van der Waals surface area contributed by atoms with Gasteiger partial charge in [0.25, 0.3) is 0 Å². The molecule has 0 amide bonds. The number of Topliss-reactive ketones (excluding diaryl/α,β-unsaturated/α-hetero) is 1. The van der Waals surface area contributed by atoms with E-state index < -0.39 is 0 Å². The Balaban J connectivity index is 1.80. The van der Waals surface area contributed by atoms with Crippen molar-refractivity contribution in [2.45, 2.75) is 24.3 Å². The molecular formula is C17H16N2OS. The molecule has 1 atom stereocenters. The summed E-state index contributed by atoms with van der Waals surface area (Å²) in [7, 11) is 0. The van der Waals surface area contributed by atoms with E-state index >= 15 is 0 Å². The van der Waals surface area contributed by atoms with Crippen molar-refractivity contribution in [3.63, 3.8) is 0 Å². The molecule has 0 saturated carbocycles. The van der Waals surface area contributed by atoms with E-state index in [0.29, 0.717) is 0 Å². The van der Waals surface area contributed by atoms with Crippen LogP contribution in [-0.2, 0) is 0 Å². The Labute approximate surface area is 127 Å². The zero-order chi connectivity index (χ0) is 14.8. The number of aromatic amines is 1. The largest absolute Gasteiger partial charge is 0.333 e. The highest BCUT2D eigenvalue weighted by Crippen LogP contribution is 2.25. The van der Waals surface area contributed by atoms with E-state index in [9.17, 15) is 4.79 Å². The minimum Gasteiger partial charge on any atom is -0.333 e. The number of nitrogens with zero attached hydrogens (tertiary/aromatic N) is 1. The number of aromatic nitrogens is 2. The van der Waals surface area contributed by atoms with E-state index in [0.717, 1.165) is 21.8 Å². The van der Waals surface area contributed by atoms with Crippen molar-refractivity contribution < 1.29 is 4.79 Å². The normalized spacial score (nSPS) is 12.5. The first kappa shape index (κ1) is 13.9. The summed E-state index contributed by atoms with van der Waals surface area (Å²) in [5, 5.41) is 0.612. The summed E-state index contributed by atoms with van der Waals surface area (Å²) in [6.45, 7) is 3.97. The van der Waals surface area contributed by atoms with E-state index in [1.165, 1.54) is 17.3 Å². The Kier molecular flexibility index (Phi) is 3.80. The Hall–Kier alpha value is -2.07. The highest BCUT2D eigenvalue weighted by Gasteiger charge is 2.18. The van der Waals surface area contributed by atoms with Crippen molar-refractivity contribution >= 4 is 28.6 Å². The highest BCUT2D eigenvalue weighted by atomic mass is 32.2. The van der Waals surface area contributed by atoms with Crippen molar-refractivity contribution in [1.82, 2.24) is 9.97 Å². The Morgan fingerprint density at radius 2 is 1.95 bits per heavy atom. The second kappa shape index (κ2) is 5.74. The number of hydrogen-bond acceptors (Lipinski definition) is 3. The number of aryl methyl sites for hydroxylation is 1. The maximum Gasteiger partial charge on any atom is 0.175 e. The standard InChI is InChI=1S/C17H16N2OS/c1-11-8-9-14-15(10-11)19-17(18-14)21-12(2)16(20)13-6-4-3-5-7-13/h3-10,12H,1-2H3,(H,18,19). The predicted molar refractivity (Wildman–Crippen MR) is 86.9 cm³/mol. The lowest BCUT2D eigenvalue weighted by Gasteiger charge is -2.07. The molecule has 0 saturated heterocycles. The van der Waals surface area contributed by atoms with Crippen LogP contribution in [0.3, 0.4) is 0 Å². The topological polar surface area (TPSA) is 45.8 Å². The third kappa shape index (κ3) is 3.00. The summed E-state index contributed by atoms with van der Waals surface area (Å²) >= 11 is 1.46. The average molecular weight is 296 g/mol. The summed E-state index contributed by atoms with van der Waals surface area (Å²) in [4.78, 5) is 20.2. The SMILES string of the molecule is Cc1ccc2nc(SC(C)C(=O)c3ccccc3)[nH]c2c1. The number of rotatable bonds is 4. The number of thioether (sulfide) groups is 1. The smallest absolute Gasteiger partial charge is 0.175 e. The van der Waals surface area contributed by atoms with Gasteiger partial charge in [0.15, 0.2) is 10.9 Å². The Morgan fingerprint density at radius 3 is 2.71 bits per heavy atom. The lowest BCUT2D eigenvalue weighted by molar-refractivity contribution is 0.0994. The van der Waals surface area contributed by atoms with Crippen LogP contribution in [0.2, 0.25) is 0 Å². The summed E-state index contributed by atoms with van der Waals surface area (Å²) in [5.41, 5.74) is 3.87. The van der Waals surface area contributed by atoms with Crippen LogP contribution in [0.1, 0.15) is 22.8 Å². The molecule has 0 radical (unpaired) electrons. The molecule has 4 heteroatoms. The van der Waals surface area contributed by atoms with Gasteiger partial charge in [-0.25, -0.2) is 4.98 Å². The number of fused-ring (bicyclic) bond motifs is 1. The van der Waals surface area contributed by atoms with E-state index in [1.807, 2.05) is 49.4 Å². The van der Waals surface area contributed by atoms with Crippen LogP contribution in [0.15, 0.2) is 53.7 Å². The lowest BCUT2D eigenvalue weighted by atomic mass is 10.1. The fraction of sp³-hybridized carbons (Fsp3) is 0.176. The number of ketones is 1. The van der Waals surface area contributed by atoms with Crippen LogP contribution in [0.5, 0.6) is 0 Å². The highest BCUT2D eigenvalue weighted by molar-refractivity contribution is 8.00. The first-order valence-corrected chi connectivity index (χ1v) is 7.74. The number of carbonyl (C=O) groups is 1. The molecule has 21 heavy (non-hydrogen) atoms. The van der Waals surface area contributed by atoms with E-state index in [1.54, 1.807) is 0 Å². The number of hydrogen-bond donors (Lipinski definition) is 1. The monoisotopic (exact) mass is 296 g/mol. The summed E-state index contributed by atoms with van der Waals surface area (Å²) < 4.78 is 0. The van der Waals surface area contributed by atoms with Gasteiger partial charge in [-0.1, -0.05) is 48.2 Å². The van der Waals surface area contributed by atoms with Gasteiger partial charge in [-0.2, -0.15) is 0 Å². The molecule has 0 spiro atoms. The molecule has 1 N–H and O–H groups in total. The van der Waals surface area contributed by atoms with Crippen molar-refractivity contribution in [3.05, 3.63) is 59.7 Å². The zero-order valence-electron chi connectivity index (χ0n) is 12.0. The van der Waals surface area contributed by atoms with Gasteiger partial charge in [0.2, 0.25) is 0 Å². The van der Waals surface area contributed by atoms with E-state index in [-0.39, 0.29) is 11.0 Å². The number of nitrogens with one attached hydrogen (secondary N) is 1. The first-order valence-electron chi connectivity index (χ1n) is 6.86. The Bertz CT molecular complexity index is 780. The Morgan fingerprint density at radius 1 is 1.19 bits per heavy atom. The molecule has 2 aromatic carbocycles. The molecule has 1 unspecified atom stereocenters. The van der Waals surface area contributed by atoms with Gasteiger partial charge < -0.3 is 4.98 Å². The van der Waals surface area contributed by atoms with Crippen molar-refractivity contribution in [1.29, 1.82) is 0 Å². The average Bonchev–Trinajstić information content (AvgIpc) is 2.88. The lowest BCUT2D eigenvalue weighted by Crippen LogP contribution is -2.13. The number of H-pyrrole nitrogens is 1. The molecule has 1 heterocycles. The van der Waals surface area contributed by atoms with Crippen LogP contribution in [0.4, 0.5) is 0 Å². The van der Waals surface area contributed by atoms with Crippen LogP contribution in [-0.4, -0.2) is 21.0 Å². The molecule has 0 aliphatic heterocycles. The van der Waals surface area contributed by atoms with Crippen molar-refractivity contribution in [3.8, 4) is 0 Å². The van der Waals surface area contributed by atoms with Crippen molar-refractivity contribution in [2.75, 3.05) is 0 Å². The fourth-order valence-electron chi connectivity index (χ4n) is 2.21. The third-order valence-electron chi connectivity index (χ3n) is 3.33. The molecule has 0 aliphatic rings. The minimum atomic E-state index is -0.172. The molecule has 0 bridgehead atoms. The van der Waals surface area contributed by atoms with Gasteiger partial charge in [-0.15, -0.1) is 0 Å². The fourth-order valence-corrected chi connectivity index (χ4v) is 3.11. The van der Waals surface area contributed by atoms with Crippen LogP contribution in [0.25, 0.3) is 11.0 Å². The maximum absolute atomic E-state index is 12.4. The molecule has 3 rings (SSSR count). The van der Waals surface area contributed by atoms with Crippen LogP contribution < -0.4 is 0 Å². The molecule has 1 aromatic heterocycles. The first-order chi connectivity index (χ1) is 10.1. The van der Waals surface area contributed by atoms with Gasteiger partial charge in [-0.3, -0.25) is 4.79 Å². The van der Waals surface area contributed by atoms with Gasteiger partial charge in [-0.05, 0) is 31.5 Å². The van der Waals surface area contributed by atoms with E-state index in [2.05, 4.69) is 23.0 Å². The van der Waals surface area contributed by atoms with Crippen LogP contribution in [0, 0.1) is 6.92 Å². The molecule has 106 valence electrons. The van der Waals surface area contributed by atoms with E-state index in [4.69, 9.17) is 0 Å². The van der Waals surface area contributed by atoms with Crippen molar-refractivity contribution in [2.24, 2.45) is 0 Å².